The average Bonchev–Trinajstić information content (AvgIpc) is 2.66. The Morgan fingerprint density at radius 3 is 2.64 bits per heavy atom. The number of aliphatic carboxylic acids is 2. The maximum atomic E-state index is 12.6. The molecule has 1 atom stereocenters. The highest BCUT2D eigenvalue weighted by molar-refractivity contribution is 5.99. The molecule has 8 heteroatoms. The molecule has 0 saturated carbocycles. The van der Waals surface area contributed by atoms with Crippen LogP contribution in [0.3, 0.4) is 0 Å². The molecule has 0 fully saturated rings. The first-order valence-electron chi connectivity index (χ1n) is 7.67. The van der Waals surface area contributed by atoms with Gasteiger partial charge in [0.2, 0.25) is 0 Å². The number of ether oxygens (including phenoxy) is 1. The topological polar surface area (TPSA) is 116 Å². The largest absolute Gasteiger partial charge is 0.480 e. The lowest BCUT2D eigenvalue weighted by Crippen LogP contribution is -2.51. The number of amides is 1. The molecular weight excluding hydrogens is 328 g/mol. The van der Waals surface area contributed by atoms with E-state index in [0.29, 0.717) is 18.2 Å². The summed E-state index contributed by atoms with van der Waals surface area (Å²) in [7, 11) is 3.22. The minimum Gasteiger partial charge on any atom is -0.480 e. The van der Waals surface area contributed by atoms with E-state index in [9.17, 15) is 19.5 Å². The molecule has 1 aromatic carbocycles. The number of likely N-dealkylation sites (N-methyl/N-ethyl adjacent to an activating group) is 1. The summed E-state index contributed by atoms with van der Waals surface area (Å²) >= 11 is 0. The van der Waals surface area contributed by atoms with Gasteiger partial charge in [-0.2, -0.15) is 0 Å². The molecule has 0 radical (unpaired) electrons. The van der Waals surface area contributed by atoms with Crippen molar-refractivity contribution in [1.82, 2.24) is 10.2 Å². The summed E-state index contributed by atoms with van der Waals surface area (Å²) in [5, 5.41) is 21.6. The summed E-state index contributed by atoms with van der Waals surface area (Å²) in [5.74, 6) is -2.89. The van der Waals surface area contributed by atoms with Crippen LogP contribution >= 0.6 is 0 Å². The summed E-state index contributed by atoms with van der Waals surface area (Å²) in [6, 6.07) is 6.51. The maximum absolute atomic E-state index is 12.6. The van der Waals surface area contributed by atoms with Crippen molar-refractivity contribution in [3.63, 3.8) is 0 Å². The smallest absolute Gasteiger partial charge is 0.335 e. The molecular formula is C17H20N2O6. The zero-order chi connectivity index (χ0) is 18.6. The normalized spacial score (nSPS) is 20.5. The molecule has 3 N–H and O–H groups in total. The number of rotatable bonds is 6. The highest BCUT2D eigenvalue weighted by atomic mass is 16.5. The van der Waals surface area contributed by atoms with E-state index in [0.717, 1.165) is 0 Å². The van der Waals surface area contributed by atoms with Crippen LogP contribution in [0.4, 0.5) is 0 Å². The summed E-state index contributed by atoms with van der Waals surface area (Å²) in [4.78, 5) is 36.8. The van der Waals surface area contributed by atoms with E-state index in [1.54, 1.807) is 31.3 Å². The van der Waals surface area contributed by atoms with Crippen LogP contribution in [0.5, 0.6) is 5.75 Å². The number of carboxylic acids is 2. The Morgan fingerprint density at radius 1 is 1.36 bits per heavy atom. The van der Waals surface area contributed by atoms with Crippen LogP contribution in [0.1, 0.15) is 16.8 Å². The molecule has 1 unspecified atom stereocenters. The van der Waals surface area contributed by atoms with Crippen LogP contribution in [0, 0.1) is 0 Å². The van der Waals surface area contributed by atoms with Gasteiger partial charge in [-0.05, 0) is 25.7 Å². The van der Waals surface area contributed by atoms with Crippen LogP contribution in [-0.4, -0.2) is 65.7 Å². The number of carbonyl (C=O) groups is 3. The van der Waals surface area contributed by atoms with Gasteiger partial charge >= 0.3 is 11.9 Å². The molecule has 0 aliphatic carbocycles. The molecule has 0 spiro atoms. The Balaban J connectivity index is 2.65. The van der Waals surface area contributed by atoms with Crippen LogP contribution < -0.4 is 10.1 Å². The van der Waals surface area contributed by atoms with Crippen molar-refractivity contribution in [3.8, 4) is 5.75 Å². The molecule has 1 aliphatic rings. The fraction of sp³-hybridized carbons (Fsp3) is 0.353. The minimum atomic E-state index is -1.50. The van der Waals surface area contributed by atoms with E-state index in [1.807, 2.05) is 0 Å². The Hall–Kier alpha value is -2.87. The van der Waals surface area contributed by atoms with Gasteiger partial charge in [0.15, 0.2) is 5.60 Å². The van der Waals surface area contributed by atoms with E-state index in [1.165, 1.54) is 11.9 Å². The molecule has 8 nitrogen and oxygen atoms in total. The first kappa shape index (κ1) is 18.5. The van der Waals surface area contributed by atoms with Crippen LogP contribution in [0.15, 0.2) is 35.9 Å². The van der Waals surface area contributed by atoms with Crippen LogP contribution in [0.2, 0.25) is 0 Å². The number of para-hydroxylation sites is 1. The monoisotopic (exact) mass is 348 g/mol. The third-order valence-electron chi connectivity index (χ3n) is 4.03. The highest BCUT2D eigenvalue weighted by Crippen LogP contribution is 2.35. The standard InChI is InChI=1S/C17H20N2O6/c1-18-8-7-17(12(16(23)24)9-14(20)21)10-19(2)15(22)11-5-3-4-6-13(11)25-17/h3-6,9,18H,7-8,10H2,1-2H3,(H,20,21)(H,23,24)/b12-9-. The van der Waals surface area contributed by atoms with Gasteiger partial charge in [-0.25, -0.2) is 9.59 Å². The molecule has 0 saturated heterocycles. The summed E-state index contributed by atoms with van der Waals surface area (Å²) in [5.41, 5.74) is -1.60. The number of hydrogen-bond donors (Lipinski definition) is 3. The Morgan fingerprint density at radius 2 is 2.04 bits per heavy atom. The number of carbonyl (C=O) groups excluding carboxylic acids is 1. The third kappa shape index (κ3) is 3.80. The van der Waals surface area contributed by atoms with Gasteiger partial charge in [0, 0.05) is 19.5 Å². The molecule has 134 valence electrons. The Bertz CT molecular complexity index is 730. The molecule has 1 amide bonds. The number of carboxylic acid groups (broad SMARTS) is 2. The SMILES string of the molecule is CNCCC1(/C(=C\C(=O)O)C(=O)O)CN(C)C(=O)c2ccccc2O1. The van der Waals surface area contributed by atoms with Crippen molar-refractivity contribution in [2.75, 3.05) is 27.2 Å². The van der Waals surface area contributed by atoms with Gasteiger partial charge in [-0.1, -0.05) is 12.1 Å². The fourth-order valence-electron chi connectivity index (χ4n) is 2.88. The zero-order valence-electron chi connectivity index (χ0n) is 14.0. The van der Waals surface area contributed by atoms with E-state index in [2.05, 4.69) is 5.32 Å². The summed E-state index contributed by atoms with van der Waals surface area (Å²) in [6.07, 6.45) is 0.797. The maximum Gasteiger partial charge on any atom is 0.335 e. The van der Waals surface area contributed by atoms with Crippen LogP contribution in [0.25, 0.3) is 0 Å². The number of hydrogen-bond acceptors (Lipinski definition) is 5. The molecule has 0 aromatic heterocycles. The second-order valence-corrected chi connectivity index (χ2v) is 5.81. The van der Waals surface area contributed by atoms with E-state index < -0.39 is 23.1 Å². The number of nitrogens with one attached hydrogen (secondary N) is 1. The van der Waals surface area contributed by atoms with E-state index in [4.69, 9.17) is 9.84 Å². The van der Waals surface area contributed by atoms with Gasteiger partial charge in [-0.15, -0.1) is 0 Å². The highest BCUT2D eigenvalue weighted by Gasteiger charge is 2.45. The quantitative estimate of drug-likeness (QED) is 0.644. The van der Waals surface area contributed by atoms with E-state index in [-0.39, 0.29) is 24.6 Å². The summed E-state index contributed by atoms with van der Waals surface area (Å²) < 4.78 is 6.00. The number of benzene rings is 1. The van der Waals surface area contributed by atoms with Crippen molar-refractivity contribution >= 4 is 17.8 Å². The molecule has 2 rings (SSSR count). The Labute approximate surface area is 144 Å². The van der Waals surface area contributed by atoms with Gasteiger partial charge in [0.05, 0.1) is 17.7 Å². The first-order chi connectivity index (χ1) is 11.8. The molecule has 0 bridgehead atoms. The first-order valence-corrected chi connectivity index (χ1v) is 7.67. The van der Waals surface area contributed by atoms with Crippen molar-refractivity contribution in [3.05, 3.63) is 41.5 Å². The summed E-state index contributed by atoms with van der Waals surface area (Å²) in [6.45, 7) is 0.280. The number of fused-ring (bicyclic) bond motifs is 1. The molecule has 1 aliphatic heterocycles. The lowest BCUT2D eigenvalue weighted by molar-refractivity contribution is -0.137. The fourth-order valence-corrected chi connectivity index (χ4v) is 2.88. The molecule has 25 heavy (non-hydrogen) atoms. The van der Waals surface area contributed by atoms with Crippen molar-refractivity contribution < 1.29 is 29.3 Å². The average molecular weight is 348 g/mol. The second kappa shape index (κ2) is 7.35. The lowest BCUT2D eigenvalue weighted by atomic mass is 9.88. The Kier molecular flexibility index (Phi) is 5.43. The van der Waals surface area contributed by atoms with Crippen LogP contribution in [-0.2, 0) is 9.59 Å². The van der Waals surface area contributed by atoms with Gasteiger partial charge in [0.1, 0.15) is 5.75 Å². The third-order valence-corrected chi connectivity index (χ3v) is 4.03. The van der Waals surface area contributed by atoms with E-state index >= 15 is 0 Å². The van der Waals surface area contributed by atoms with Gasteiger partial charge in [-0.3, -0.25) is 4.79 Å². The van der Waals surface area contributed by atoms with Gasteiger partial charge in [0.25, 0.3) is 5.91 Å². The predicted molar refractivity (Wildman–Crippen MR) is 88.7 cm³/mol. The van der Waals surface area contributed by atoms with Crippen molar-refractivity contribution in [2.24, 2.45) is 0 Å². The number of nitrogens with zero attached hydrogens (tertiary/aromatic N) is 1. The van der Waals surface area contributed by atoms with Crippen molar-refractivity contribution in [1.29, 1.82) is 0 Å². The minimum absolute atomic E-state index is 0.0897. The van der Waals surface area contributed by atoms with Crippen molar-refractivity contribution in [2.45, 2.75) is 12.0 Å². The second-order valence-electron chi connectivity index (χ2n) is 5.81. The molecule has 1 aromatic rings. The van der Waals surface area contributed by atoms with Gasteiger partial charge < -0.3 is 25.2 Å². The lowest BCUT2D eigenvalue weighted by Gasteiger charge is -2.35. The zero-order valence-corrected chi connectivity index (χ0v) is 14.0. The molecule has 1 heterocycles. The predicted octanol–water partition coefficient (Wildman–Crippen LogP) is 0.595.